The van der Waals surface area contributed by atoms with Crippen LogP contribution < -0.4 is 9.47 Å². The number of hydrogen-bond acceptors (Lipinski definition) is 8. The van der Waals surface area contributed by atoms with Crippen LogP contribution in [0.5, 0.6) is 11.5 Å². The summed E-state index contributed by atoms with van der Waals surface area (Å²) in [6.07, 6.45) is 1.75. The van der Waals surface area contributed by atoms with Crippen molar-refractivity contribution in [1.82, 2.24) is 9.55 Å². The molecule has 1 fully saturated rings. The summed E-state index contributed by atoms with van der Waals surface area (Å²) in [5.41, 5.74) is 0.865. The fraction of sp³-hybridized carbons (Fsp3) is 0.500. The molecule has 10 nitrogen and oxygen atoms in total. The van der Waals surface area contributed by atoms with Crippen molar-refractivity contribution >= 4 is 27.1 Å². The molecule has 0 radical (unpaired) electrons. The number of benzene rings is 1. The van der Waals surface area contributed by atoms with E-state index < -0.39 is 16.1 Å². The molecule has 2 aliphatic rings. The topological polar surface area (TPSA) is 126 Å². The summed E-state index contributed by atoms with van der Waals surface area (Å²) in [5.74, 6) is -0.448. The third-order valence-corrected chi connectivity index (χ3v) is 4.97. The Kier molecular flexibility index (Phi) is 4.44. The van der Waals surface area contributed by atoms with Gasteiger partial charge in [0.05, 0.1) is 24.4 Å². The van der Waals surface area contributed by atoms with Crippen molar-refractivity contribution < 1.29 is 36.7 Å². The standard InChI is InChI=1S/C16H18N2O8S/c1-27(21,22)26-8-12-17-13-11(18(12)7-9-2-3-23-9)6-10(16(19)20)14-15(13)25-5-4-24-14/h6,9H,2-5,7-8H2,1H3,(H,19,20)/t9-/m0/s1. The van der Waals surface area contributed by atoms with Gasteiger partial charge in [0, 0.05) is 6.61 Å². The van der Waals surface area contributed by atoms with E-state index in [1.54, 1.807) is 4.57 Å². The van der Waals surface area contributed by atoms with Gasteiger partial charge in [0.2, 0.25) is 0 Å². The van der Waals surface area contributed by atoms with Crippen LogP contribution >= 0.6 is 0 Å². The van der Waals surface area contributed by atoms with Crippen molar-refractivity contribution in [3.05, 3.63) is 17.5 Å². The minimum absolute atomic E-state index is 0.0385. The highest BCUT2D eigenvalue weighted by molar-refractivity contribution is 7.85. The molecule has 146 valence electrons. The average molecular weight is 398 g/mol. The second-order valence-electron chi connectivity index (χ2n) is 6.34. The van der Waals surface area contributed by atoms with Crippen LogP contribution in [0.2, 0.25) is 0 Å². The van der Waals surface area contributed by atoms with Crippen LogP contribution in [-0.2, 0) is 32.2 Å². The number of ether oxygens (including phenoxy) is 3. The molecule has 0 saturated carbocycles. The van der Waals surface area contributed by atoms with Gasteiger partial charge in [-0.05, 0) is 12.5 Å². The lowest BCUT2D eigenvalue weighted by Gasteiger charge is -2.27. The fourth-order valence-electron chi connectivity index (χ4n) is 3.09. The van der Waals surface area contributed by atoms with Crippen LogP contribution in [0.4, 0.5) is 0 Å². The molecule has 2 aromatic rings. The Labute approximate surface area is 154 Å². The van der Waals surface area contributed by atoms with Gasteiger partial charge in [-0.2, -0.15) is 8.42 Å². The molecule has 1 aromatic carbocycles. The first kappa shape index (κ1) is 18.0. The molecule has 1 saturated heterocycles. The van der Waals surface area contributed by atoms with E-state index in [4.69, 9.17) is 18.4 Å². The van der Waals surface area contributed by atoms with E-state index >= 15 is 0 Å². The van der Waals surface area contributed by atoms with Crippen LogP contribution in [0, 0.1) is 0 Å². The molecule has 2 aliphatic heterocycles. The van der Waals surface area contributed by atoms with Gasteiger partial charge < -0.3 is 23.9 Å². The van der Waals surface area contributed by atoms with Gasteiger partial charge in [-0.15, -0.1) is 0 Å². The normalized spacial score (nSPS) is 19.1. The van der Waals surface area contributed by atoms with E-state index in [0.29, 0.717) is 30.0 Å². The lowest BCUT2D eigenvalue weighted by Crippen LogP contribution is -2.32. The Morgan fingerprint density at radius 2 is 2.04 bits per heavy atom. The maximum Gasteiger partial charge on any atom is 0.339 e. The Bertz CT molecular complexity index is 1010. The van der Waals surface area contributed by atoms with E-state index in [1.165, 1.54) is 6.07 Å². The lowest BCUT2D eigenvalue weighted by molar-refractivity contribution is -0.0592. The Morgan fingerprint density at radius 1 is 1.33 bits per heavy atom. The van der Waals surface area contributed by atoms with Crippen molar-refractivity contribution in [2.24, 2.45) is 0 Å². The summed E-state index contributed by atoms with van der Waals surface area (Å²) >= 11 is 0. The fourth-order valence-corrected chi connectivity index (χ4v) is 3.41. The molecule has 0 unspecified atom stereocenters. The largest absolute Gasteiger partial charge is 0.485 e. The summed E-state index contributed by atoms with van der Waals surface area (Å²) in [6.45, 7) is 1.27. The number of rotatable bonds is 6. The summed E-state index contributed by atoms with van der Waals surface area (Å²) in [4.78, 5) is 16.1. The number of aromatic carboxylic acids is 1. The van der Waals surface area contributed by atoms with Gasteiger partial charge in [0.15, 0.2) is 11.5 Å². The third kappa shape index (κ3) is 3.45. The molecule has 1 N–H and O–H groups in total. The second kappa shape index (κ2) is 6.66. The van der Waals surface area contributed by atoms with Gasteiger partial charge >= 0.3 is 5.97 Å². The molecule has 1 aromatic heterocycles. The van der Waals surface area contributed by atoms with Gasteiger partial charge in [0.1, 0.15) is 36.7 Å². The molecule has 11 heteroatoms. The van der Waals surface area contributed by atoms with Crippen molar-refractivity contribution in [3.63, 3.8) is 0 Å². The van der Waals surface area contributed by atoms with Crippen molar-refractivity contribution in [3.8, 4) is 11.5 Å². The minimum Gasteiger partial charge on any atom is -0.485 e. The van der Waals surface area contributed by atoms with Gasteiger partial charge in [-0.1, -0.05) is 0 Å². The molecule has 0 amide bonds. The monoisotopic (exact) mass is 398 g/mol. The van der Waals surface area contributed by atoms with Crippen LogP contribution in [0.1, 0.15) is 22.6 Å². The van der Waals surface area contributed by atoms with Gasteiger partial charge in [-0.25, -0.2) is 9.78 Å². The Balaban J connectivity index is 1.87. The molecular weight excluding hydrogens is 380 g/mol. The molecule has 0 spiro atoms. The zero-order valence-corrected chi connectivity index (χ0v) is 15.3. The Hall–Kier alpha value is -2.37. The number of carbonyl (C=O) groups is 1. The number of carboxylic acids is 1. The minimum atomic E-state index is -3.67. The molecule has 0 aliphatic carbocycles. The van der Waals surface area contributed by atoms with E-state index in [-0.39, 0.29) is 43.0 Å². The number of nitrogens with zero attached hydrogens (tertiary/aromatic N) is 2. The zero-order chi connectivity index (χ0) is 19.2. The molecule has 3 heterocycles. The van der Waals surface area contributed by atoms with E-state index in [2.05, 4.69) is 4.98 Å². The SMILES string of the molecule is CS(=O)(=O)OCc1nc2c3c(c(C(=O)O)cc2n1C[C@@H]1CCO1)OCCO3. The first-order valence-electron chi connectivity index (χ1n) is 8.34. The van der Waals surface area contributed by atoms with Crippen molar-refractivity contribution in [1.29, 1.82) is 0 Å². The number of fused-ring (bicyclic) bond motifs is 3. The van der Waals surface area contributed by atoms with Crippen molar-refractivity contribution in [2.75, 3.05) is 26.1 Å². The predicted molar refractivity (Wildman–Crippen MR) is 91.7 cm³/mol. The molecule has 1 atom stereocenters. The van der Waals surface area contributed by atoms with E-state index in [0.717, 1.165) is 12.7 Å². The van der Waals surface area contributed by atoms with Gasteiger partial charge in [0.25, 0.3) is 10.1 Å². The first-order valence-corrected chi connectivity index (χ1v) is 10.2. The summed E-state index contributed by atoms with van der Waals surface area (Å²) in [7, 11) is -3.67. The van der Waals surface area contributed by atoms with Crippen LogP contribution in [-0.4, -0.2) is 61.2 Å². The summed E-state index contributed by atoms with van der Waals surface area (Å²) in [5, 5.41) is 9.55. The number of imidazole rings is 1. The highest BCUT2D eigenvalue weighted by Gasteiger charge is 2.29. The quantitative estimate of drug-likeness (QED) is 0.702. The highest BCUT2D eigenvalue weighted by Crippen LogP contribution is 2.41. The first-order chi connectivity index (χ1) is 12.8. The van der Waals surface area contributed by atoms with Crippen LogP contribution in [0.3, 0.4) is 0 Å². The number of carboxylic acid groups (broad SMARTS) is 1. The third-order valence-electron chi connectivity index (χ3n) is 4.42. The predicted octanol–water partition coefficient (Wildman–Crippen LogP) is 0.771. The second-order valence-corrected chi connectivity index (χ2v) is 7.98. The molecule has 0 bridgehead atoms. The van der Waals surface area contributed by atoms with E-state index in [9.17, 15) is 18.3 Å². The Morgan fingerprint density at radius 3 is 2.63 bits per heavy atom. The maximum absolute atomic E-state index is 11.7. The molecular formula is C16H18N2O8S. The smallest absolute Gasteiger partial charge is 0.339 e. The number of hydrogen-bond donors (Lipinski definition) is 1. The van der Waals surface area contributed by atoms with Crippen LogP contribution in [0.25, 0.3) is 11.0 Å². The lowest BCUT2D eigenvalue weighted by atomic mass is 10.1. The highest BCUT2D eigenvalue weighted by atomic mass is 32.2. The zero-order valence-electron chi connectivity index (χ0n) is 14.5. The molecule has 4 rings (SSSR count). The van der Waals surface area contributed by atoms with E-state index in [1.807, 2.05) is 0 Å². The average Bonchev–Trinajstić information content (AvgIpc) is 2.92. The van der Waals surface area contributed by atoms with Crippen LogP contribution in [0.15, 0.2) is 6.07 Å². The maximum atomic E-state index is 11.7. The van der Waals surface area contributed by atoms with Crippen molar-refractivity contribution in [2.45, 2.75) is 25.7 Å². The number of aromatic nitrogens is 2. The summed E-state index contributed by atoms with van der Waals surface area (Å²) in [6, 6.07) is 1.46. The molecule has 27 heavy (non-hydrogen) atoms. The summed E-state index contributed by atoms with van der Waals surface area (Å²) < 4.78 is 46.0. The van der Waals surface area contributed by atoms with Gasteiger partial charge in [-0.3, -0.25) is 4.18 Å².